The highest BCUT2D eigenvalue weighted by molar-refractivity contribution is 5.86. The van der Waals surface area contributed by atoms with Gasteiger partial charge in [-0.15, -0.1) is 37.2 Å². The molecule has 2 unspecified atom stereocenters. The maximum absolute atomic E-state index is 6.55. The van der Waals surface area contributed by atoms with Gasteiger partial charge in [-0.25, -0.2) is 0 Å². The van der Waals surface area contributed by atoms with Crippen LogP contribution in [0.4, 0.5) is 0 Å². The molecule has 3 rings (SSSR count). The van der Waals surface area contributed by atoms with Gasteiger partial charge in [0.1, 0.15) is 11.5 Å². The second-order valence-corrected chi connectivity index (χ2v) is 6.06. The van der Waals surface area contributed by atoms with Crippen LogP contribution >= 0.6 is 37.2 Å². The van der Waals surface area contributed by atoms with Crippen LogP contribution in [0.5, 0.6) is 5.75 Å². The zero-order valence-electron chi connectivity index (χ0n) is 12.5. The Morgan fingerprint density at radius 2 is 1.68 bits per heavy atom. The van der Waals surface area contributed by atoms with Crippen molar-refractivity contribution in [2.75, 3.05) is 20.1 Å². The molecule has 0 amide bonds. The Hall–Kier alpha value is -0.490. The van der Waals surface area contributed by atoms with Crippen molar-refractivity contribution >= 4 is 37.2 Å². The number of benzene rings is 1. The molecule has 22 heavy (non-hydrogen) atoms. The number of likely N-dealkylation sites (tertiary alicyclic amines) is 1. The summed E-state index contributed by atoms with van der Waals surface area (Å²) in [5.41, 5.74) is 12.3. The SMILES string of the molecule is CN1CC2(N)CC=C(Oc3ccccc3)C(N)(C1)C2.Cl.Cl.Cl. The molecule has 2 atom stereocenters. The van der Waals surface area contributed by atoms with Crippen LogP contribution in [0, 0.1) is 0 Å². The number of rotatable bonds is 2. The number of likely N-dealkylation sites (N-methyl/N-ethyl adjacent to an activating group) is 1. The van der Waals surface area contributed by atoms with E-state index < -0.39 is 5.54 Å². The molecule has 0 saturated carbocycles. The summed E-state index contributed by atoms with van der Waals surface area (Å²) in [6, 6.07) is 9.78. The summed E-state index contributed by atoms with van der Waals surface area (Å²) in [6.45, 7) is 1.67. The molecule has 126 valence electrons. The molecule has 4 nitrogen and oxygen atoms in total. The first-order valence-electron chi connectivity index (χ1n) is 6.69. The number of para-hydroxylation sites is 1. The lowest BCUT2D eigenvalue weighted by Gasteiger charge is -2.51. The highest BCUT2D eigenvalue weighted by atomic mass is 35.5. The molecule has 1 saturated heterocycles. The molecule has 0 spiro atoms. The summed E-state index contributed by atoms with van der Waals surface area (Å²) >= 11 is 0. The Morgan fingerprint density at radius 1 is 1.05 bits per heavy atom. The van der Waals surface area contributed by atoms with Gasteiger partial charge in [-0.2, -0.15) is 0 Å². The standard InChI is InChI=1S/C15H21N3O.3ClH/c1-18-10-14(16)8-7-13(15(17,9-14)11-18)19-12-5-3-2-4-6-12;;;/h2-7H,8-11,16-17H2,1H3;3*1H. The van der Waals surface area contributed by atoms with Crippen LogP contribution in [0.25, 0.3) is 0 Å². The number of hydrogen-bond donors (Lipinski definition) is 2. The van der Waals surface area contributed by atoms with Crippen LogP contribution in [0.15, 0.2) is 42.2 Å². The van der Waals surface area contributed by atoms with Gasteiger partial charge >= 0.3 is 0 Å². The zero-order chi connectivity index (χ0) is 13.5. The first kappa shape index (κ1) is 21.5. The Bertz CT molecular complexity index is 514. The first-order valence-corrected chi connectivity index (χ1v) is 6.69. The van der Waals surface area contributed by atoms with Gasteiger partial charge in [-0.1, -0.05) is 18.2 Å². The number of nitrogens with zero attached hydrogens (tertiary/aromatic N) is 1. The molecular formula is C15H24Cl3N3O. The van der Waals surface area contributed by atoms with Gasteiger partial charge in [0.2, 0.25) is 0 Å². The van der Waals surface area contributed by atoms with Crippen LogP contribution in [-0.2, 0) is 0 Å². The van der Waals surface area contributed by atoms with Crippen molar-refractivity contribution in [3.8, 4) is 5.75 Å². The summed E-state index contributed by atoms with van der Waals surface area (Å²) in [4.78, 5) is 2.20. The largest absolute Gasteiger partial charge is 0.460 e. The van der Waals surface area contributed by atoms with Gasteiger partial charge in [0.15, 0.2) is 0 Å². The maximum Gasteiger partial charge on any atom is 0.127 e. The summed E-state index contributed by atoms with van der Waals surface area (Å²) in [5.74, 6) is 1.68. The van der Waals surface area contributed by atoms with E-state index in [4.69, 9.17) is 16.2 Å². The second kappa shape index (κ2) is 7.86. The monoisotopic (exact) mass is 367 g/mol. The van der Waals surface area contributed by atoms with Gasteiger partial charge in [-0.05, 0) is 38.1 Å². The minimum Gasteiger partial charge on any atom is -0.460 e. The van der Waals surface area contributed by atoms with Gasteiger partial charge < -0.3 is 21.1 Å². The number of halogens is 3. The molecule has 0 radical (unpaired) electrons. The van der Waals surface area contributed by atoms with Crippen LogP contribution in [0.1, 0.15) is 12.8 Å². The van der Waals surface area contributed by atoms with Crippen molar-refractivity contribution in [1.29, 1.82) is 0 Å². The number of piperidine rings is 1. The van der Waals surface area contributed by atoms with E-state index in [1.54, 1.807) is 0 Å². The molecule has 1 heterocycles. The van der Waals surface area contributed by atoms with E-state index in [1.807, 2.05) is 30.3 Å². The minimum atomic E-state index is -0.476. The lowest BCUT2D eigenvalue weighted by atomic mass is 9.71. The van der Waals surface area contributed by atoms with Crippen molar-refractivity contribution in [1.82, 2.24) is 4.90 Å². The Kier molecular flexibility index (Phi) is 7.69. The number of nitrogens with two attached hydrogens (primary N) is 2. The molecule has 1 aromatic rings. The third-order valence-corrected chi connectivity index (χ3v) is 3.96. The van der Waals surface area contributed by atoms with E-state index >= 15 is 0 Å². The van der Waals surface area contributed by atoms with Crippen molar-refractivity contribution in [2.24, 2.45) is 11.5 Å². The minimum absolute atomic E-state index is 0. The fraction of sp³-hybridized carbons (Fsp3) is 0.467. The van der Waals surface area contributed by atoms with Gasteiger partial charge in [0.05, 0.1) is 5.54 Å². The second-order valence-electron chi connectivity index (χ2n) is 6.06. The molecule has 1 aliphatic carbocycles. The third-order valence-electron chi connectivity index (χ3n) is 3.96. The van der Waals surface area contributed by atoms with Crippen LogP contribution in [-0.4, -0.2) is 36.1 Å². The molecular weight excluding hydrogens is 345 g/mol. The highest BCUT2D eigenvalue weighted by Gasteiger charge is 2.48. The van der Waals surface area contributed by atoms with E-state index in [1.165, 1.54) is 0 Å². The lowest BCUT2D eigenvalue weighted by Crippen LogP contribution is -2.68. The van der Waals surface area contributed by atoms with Crippen molar-refractivity contribution in [3.05, 3.63) is 42.2 Å². The summed E-state index contributed by atoms with van der Waals surface area (Å²) in [7, 11) is 2.06. The summed E-state index contributed by atoms with van der Waals surface area (Å²) < 4.78 is 5.99. The summed E-state index contributed by atoms with van der Waals surface area (Å²) in [5, 5.41) is 0. The Labute approximate surface area is 150 Å². The molecule has 4 N–H and O–H groups in total. The van der Waals surface area contributed by atoms with Crippen LogP contribution < -0.4 is 16.2 Å². The number of hydrogen-bond acceptors (Lipinski definition) is 4. The molecule has 1 fully saturated rings. The van der Waals surface area contributed by atoms with Crippen LogP contribution in [0.3, 0.4) is 0 Å². The predicted octanol–water partition coefficient (Wildman–Crippen LogP) is 2.35. The van der Waals surface area contributed by atoms with Crippen molar-refractivity contribution in [2.45, 2.75) is 23.9 Å². The van der Waals surface area contributed by atoms with Gasteiger partial charge in [-0.3, -0.25) is 0 Å². The maximum atomic E-state index is 6.55. The van der Waals surface area contributed by atoms with E-state index in [9.17, 15) is 0 Å². The number of fused-ring (bicyclic) bond motifs is 2. The predicted molar refractivity (Wildman–Crippen MR) is 97.5 cm³/mol. The summed E-state index contributed by atoms with van der Waals surface area (Å²) in [6.07, 6.45) is 3.67. The molecule has 1 aromatic carbocycles. The Balaban J connectivity index is 0.00000147. The molecule has 0 aromatic heterocycles. The van der Waals surface area contributed by atoms with Crippen LogP contribution in [0.2, 0.25) is 0 Å². The highest BCUT2D eigenvalue weighted by Crippen LogP contribution is 2.38. The van der Waals surface area contributed by atoms with E-state index in [2.05, 4.69) is 18.0 Å². The number of ether oxygens (including phenoxy) is 1. The fourth-order valence-corrected chi connectivity index (χ4v) is 3.37. The quantitative estimate of drug-likeness (QED) is 0.841. The van der Waals surface area contributed by atoms with Gasteiger partial charge in [0.25, 0.3) is 0 Å². The third kappa shape index (κ3) is 4.28. The first-order chi connectivity index (χ1) is 8.99. The lowest BCUT2D eigenvalue weighted by molar-refractivity contribution is 0.0874. The normalized spacial score (nSPS) is 30.0. The smallest absolute Gasteiger partial charge is 0.127 e. The molecule has 2 aliphatic rings. The van der Waals surface area contributed by atoms with E-state index in [0.717, 1.165) is 37.4 Å². The zero-order valence-corrected chi connectivity index (χ0v) is 15.0. The topological polar surface area (TPSA) is 64.5 Å². The molecule has 1 aliphatic heterocycles. The van der Waals surface area contributed by atoms with Gasteiger partial charge in [0, 0.05) is 18.6 Å². The Morgan fingerprint density at radius 3 is 2.32 bits per heavy atom. The van der Waals surface area contributed by atoms with E-state index in [0.29, 0.717) is 0 Å². The average molecular weight is 369 g/mol. The average Bonchev–Trinajstić information content (AvgIpc) is 2.32. The van der Waals surface area contributed by atoms with Crippen molar-refractivity contribution in [3.63, 3.8) is 0 Å². The van der Waals surface area contributed by atoms with E-state index in [-0.39, 0.29) is 42.8 Å². The molecule has 7 heteroatoms. The molecule has 2 bridgehead atoms. The fourth-order valence-electron chi connectivity index (χ4n) is 3.37. The van der Waals surface area contributed by atoms with Crippen molar-refractivity contribution < 1.29 is 4.74 Å².